The molecule has 1 saturated heterocycles. The van der Waals surface area contributed by atoms with Crippen molar-refractivity contribution in [1.82, 2.24) is 4.90 Å². The number of morpholine rings is 1. The first-order valence-corrected chi connectivity index (χ1v) is 6.50. The molecule has 6 heteroatoms. The Morgan fingerprint density at radius 2 is 2.11 bits per heavy atom. The normalized spacial score (nSPS) is 21.9. The van der Waals surface area contributed by atoms with Crippen molar-refractivity contribution < 1.29 is 24.2 Å². The molecule has 0 bridgehead atoms. The topological polar surface area (TPSA) is 76.1 Å². The molecule has 0 aromatic rings. The summed E-state index contributed by atoms with van der Waals surface area (Å²) in [5.41, 5.74) is -0.530. The van der Waals surface area contributed by atoms with Crippen molar-refractivity contribution in [1.29, 1.82) is 0 Å². The van der Waals surface area contributed by atoms with Gasteiger partial charge in [0.2, 0.25) is 0 Å². The molecule has 1 rings (SSSR count). The second-order valence-corrected chi connectivity index (χ2v) is 5.91. The zero-order valence-corrected chi connectivity index (χ0v) is 12.0. The average molecular weight is 273 g/mol. The van der Waals surface area contributed by atoms with Gasteiger partial charge in [0, 0.05) is 6.54 Å². The van der Waals surface area contributed by atoms with E-state index in [9.17, 15) is 9.59 Å². The maximum Gasteiger partial charge on any atom is 0.410 e. The molecular formula is C13H23NO5. The van der Waals surface area contributed by atoms with Gasteiger partial charge in [0.1, 0.15) is 5.60 Å². The largest absolute Gasteiger partial charge is 0.481 e. The Bertz CT molecular complexity index is 336. The predicted octanol–water partition coefficient (Wildman–Crippen LogP) is 1.73. The third-order valence-electron chi connectivity index (χ3n) is 2.88. The fraction of sp³-hybridized carbons (Fsp3) is 0.846. The van der Waals surface area contributed by atoms with Crippen LogP contribution < -0.4 is 0 Å². The molecule has 110 valence electrons. The lowest BCUT2D eigenvalue weighted by Gasteiger charge is -2.36. The number of ether oxygens (including phenoxy) is 2. The molecule has 1 amide bonds. The molecule has 0 saturated carbocycles. The van der Waals surface area contributed by atoms with Gasteiger partial charge in [-0.3, -0.25) is 4.79 Å². The van der Waals surface area contributed by atoms with Gasteiger partial charge in [-0.05, 0) is 26.7 Å². The van der Waals surface area contributed by atoms with Crippen molar-refractivity contribution in [2.24, 2.45) is 5.92 Å². The Morgan fingerprint density at radius 3 is 2.63 bits per heavy atom. The maximum atomic E-state index is 11.9. The van der Waals surface area contributed by atoms with Crippen molar-refractivity contribution >= 4 is 12.1 Å². The molecule has 1 N–H and O–H groups in total. The van der Waals surface area contributed by atoms with Gasteiger partial charge in [-0.1, -0.05) is 6.92 Å². The van der Waals surface area contributed by atoms with Gasteiger partial charge >= 0.3 is 12.1 Å². The molecule has 0 aromatic carbocycles. The standard InChI is InChI=1S/C13H23NO5/c1-9(7-11(15)16)10-8-14(5-6-18-10)12(17)19-13(2,3)4/h9-10H,5-8H2,1-4H3,(H,15,16). The number of amides is 1. The molecule has 2 atom stereocenters. The molecule has 0 spiro atoms. The van der Waals surface area contributed by atoms with Crippen LogP contribution in [-0.4, -0.2) is 53.5 Å². The Kier molecular flexibility index (Phi) is 5.17. The number of carboxylic acid groups (broad SMARTS) is 1. The van der Waals surface area contributed by atoms with E-state index in [1.165, 1.54) is 0 Å². The van der Waals surface area contributed by atoms with Crippen LogP contribution >= 0.6 is 0 Å². The van der Waals surface area contributed by atoms with E-state index in [1.54, 1.807) is 4.90 Å². The van der Waals surface area contributed by atoms with E-state index in [2.05, 4.69) is 0 Å². The highest BCUT2D eigenvalue weighted by Crippen LogP contribution is 2.19. The van der Waals surface area contributed by atoms with Crippen LogP contribution in [-0.2, 0) is 14.3 Å². The highest BCUT2D eigenvalue weighted by Gasteiger charge is 2.31. The van der Waals surface area contributed by atoms with Crippen molar-refractivity contribution in [3.8, 4) is 0 Å². The fourth-order valence-electron chi connectivity index (χ4n) is 1.92. The highest BCUT2D eigenvalue weighted by atomic mass is 16.6. The second-order valence-electron chi connectivity index (χ2n) is 5.91. The molecule has 1 aliphatic rings. The van der Waals surface area contributed by atoms with Crippen LogP contribution in [0.15, 0.2) is 0 Å². The first kappa shape index (κ1) is 15.8. The Morgan fingerprint density at radius 1 is 1.47 bits per heavy atom. The number of rotatable bonds is 3. The minimum absolute atomic E-state index is 0.0345. The summed E-state index contributed by atoms with van der Waals surface area (Å²) in [4.78, 5) is 24.2. The van der Waals surface area contributed by atoms with E-state index < -0.39 is 11.6 Å². The monoisotopic (exact) mass is 273 g/mol. The highest BCUT2D eigenvalue weighted by molar-refractivity contribution is 5.68. The summed E-state index contributed by atoms with van der Waals surface area (Å²) in [6.07, 6.45) is -0.590. The van der Waals surface area contributed by atoms with Gasteiger partial charge in [0.05, 0.1) is 25.7 Å². The van der Waals surface area contributed by atoms with Gasteiger partial charge in [-0.25, -0.2) is 4.79 Å². The van der Waals surface area contributed by atoms with Crippen LogP contribution in [0.1, 0.15) is 34.1 Å². The molecule has 0 aromatic heterocycles. The van der Waals surface area contributed by atoms with Crippen LogP contribution in [0.2, 0.25) is 0 Å². The first-order valence-electron chi connectivity index (χ1n) is 6.50. The number of nitrogens with zero attached hydrogens (tertiary/aromatic N) is 1. The fourth-order valence-corrected chi connectivity index (χ4v) is 1.92. The van der Waals surface area contributed by atoms with Gasteiger partial charge in [0.15, 0.2) is 0 Å². The molecule has 6 nitrogen and oxygen atoms in total. The second kappa shape index (κ2) is 6.23. The number of aliphatic carboxylic acids is 1. The van der Waals surface area contributed by atoms with Crippen LogP contribution in [0.3, 0.4) is 0 Å². The van der Waals surface area contributed by atoms with Crippen molar-refractivity contribution in [2.75, 3.05) is 19.7 Å². The number of hydrogen-bond acceptors (Lipinski definition) is 4. The van der Waals surface area contributed by atoms with Crippen LogP contribution in [0, 0.1) is 5.92 Å². The molecule has 0 radical (unpaired) electrons. The van der Waals surface area contributed by atoms with E-state index in [0.717, 1.165) is 0 Å². The van der Waals surface area contributed by atoms with Gasteiger partial charge < -0.3 is 19.5 Å². The van der Waals surface area contributed by atoms with E-state index >= 15 is 0 Å². The summed E-state index contributed by atoms with van der Waals surface area (Å²) < 4.78 is 10.8. The smallest absolute Gasteiger partial charge is 0.410 e. The van der Waals surface area contributed by atoms with Crippen LogP contribution in [0.5, 0.6) is 0 Å². The summed E-state index contributed by atoms with van der Waals surface area (Å²) in [6.45, 7) is 8.53. The molecule has 19 heavy (non-hydrogen) atoms. The molecule has 1 fully saturated rings. The summed E-state index contributed by atoms with van der Waals surface area (Å²) in [5.74, 6) is -0.992. The van der Waals surface area contributed by atoms with Gasteiger partial charge in [0.25, 0.3) is 0 Å². The van der Waals surface area contributed by atoms with Crippen molar-refractivity contribution in [2.45, 2.75) is 45.8 Å². The zero-order valence-electron chi connectivity index (χ0n) is 12.0. The quantitative estimate of drug-likeness (QED) is 0.847. The predicted molar refractivity (Wildman–Crippen MR) is 69.0 cm³/mol. The van der Waals surface area contributed by atoms with E-state index in [0.29, 0.717) is 19.7 Å². The number of hydrogen-bond donors (Lipinski definition) is 1. The Labute approximate surface area is 113 Å². The number of carbonyl (C=O) groups is 2. The Balaban J connectivity index is 2.54. The number of carbonyl (C=O) groups excluding carboxylic acids is 1. The lowest BCUT2D eigenvalue weighted by Crippen LogP contribution is -2.49. The lowest BCUT2D eigenvalue weighted by molar-refractivity contribution is -0.140. The molecule has 1 aliphatic heterocycles. The summed E-state index contributed by atoms with van der Waals surface area (Å²) in [7, 11) is 0. The Hall–Kier alpha value is -1.30. The minimum Gasteiger partial charge on any atom is -0.481 e. The third-order valence-corrected chi connectivity index (χ3v) is 2.88. The SMILES string of the molecule is CC(CC(=O)O)C1CN(C(=O)OC(C)(C)C)CCO1. The maximum absolute atomic E-state index is 11.9. The van der Waals surface area contributed by atoms with Gasteiger partial charge in [-0.2, -0.15) is 0 Å². The van der Waals surface area contributed by atoms with Crippen molar-refractivity contribution in [3.05, 3.63) is 0 Å². The lowest BCUT2D eigenvalue weighted by atomic mass is 9.99. The van der Waals surface area contributed by atoms with E-state index in [-0.39, 0.29) is 24.5 Å². The first-order chi connectivity index (χ1) is 8.69. The zero-order chi connectivity index (χ0) is 14.6. The summed E-state index contributed by atoms with van der Waals surface area (Å²) in [6, 6.07) is 0. The molecule has 1 heterocycles. The van der Waals surface area contributed by atoms with Crippen LogP contribution in [0.25, 0.3) is 0 Å². The summed E-state index contributed by atoms with van der Waals surface area (Å²) >= 11 is 0. The number of carboxylic acids is 1. The molecule has 2 unspecified atom stereocenters. The molecule has 0 aliphatic carbocycles. The van der Waals surface area contributed by atoms with E-state index in [1.807, 2.05) is 27.7 Å². The van der Waals surface area contributed by atoms with Crippen LogP contribution in [0.4, 0.5) is 4.79 Å². The third kappa shape index (κ3) is 5.46. The van der Waals surface area contributed by atoms with Crippen molar-refractivity contribution in [3.63, 3.8) is 0 Å². The van der Waals surface area contributed by atoms with Gasteiger partial charge in [-0.15, -0.1) is 0 Å². The summed E-state index contributed by atoms with van der Waals surface area (Å²) in [5, 5.41) is 8.78. The van der Waals surface area contributed by atoms with E-state index in [4.69, 9.17) is 14.6 Å². The average Bonchev–Trinajstić information content (AvgIpc) is 2.26. The minimum atomic E-state index is -0.856. The molecular weight excluding hydrogens is 250 g/mol.